The first-order chi connectivity index (χ1) is 13.4. The average Bonchev–Trinajstić information content (AvgIpc) is 3.24. The van der Waals surface area contributed by atoms with Gasteiger partial charge in [0.15, 0.2) is 5.78 Å². The molecule has 0 amide bonds. The Hall–Kier alpha value is -3.00. The molecule has 0 spiro atoms. The summed E-state index contributed by atoms with van der Waals surface area (Å²) in [5.41, 5.74) is 2.47. The molecular formula is C20H20N4O3S. The minimum absolute atomic E-state index is 0.155. The molecule has 4 rings (SSSR count). The van der Waals surface area contributed by atoms with Crippen LogP contribution in [0.1, 0.15) is 34.8 Å². The van der Waals surface area contributed by atoms with E-state index in [1.165, 1.54) is 20.3 Å². The Morgan fingerprint density at radius 3 is 2.68 bits per heavy atom. The Morgan fingerprint density at radius 2 is 1.96 bits per heavy atom. The molecule has 4 aromatic rings. The zero-order valence-electron chi connectivity index (χ0n) is 15.9. The first-order valence-electron chi connectivity index (χ1n) is 9.12. The molecule has 0 saturated heterocycles. The number of ketones is 1. The van der Waals surface area contributed by atoms with Crippen molar-refractivity contribution in [3.05, 3.63) is 67.2 Å². The number of fused-ring (bicyclic) bond motifs is 3. The van der Waals surface area contributed by atoms with Crippen LogP contribution < -0.4 is 11.2 Å². The van der Waals surface area contributed by atoms with E-state index in [9.17, 15) is 14.4 Å². The molecule has 0 unspecified atom stereocenters. The van der Waals surface area contributed by atoms with Crippen LogP contribution in [0, 0.1) is 13.8 Å². The van der Waals surface area contributed by atoms with Gasteiger partial charge in [-0.25, -0.2) is 13.9 Å². The predicted octanol–water partition coefficient (Wildman–Crippen LogP) is 2.78. The SMILES string of the molecule is CCCn1c(=O)c2sccc2n2c(=O)n(CC(=O)c3ccc(C)cc3C)nc12. The highest BCUT2D eigenvalue weighted by atomic mass is 32.1. The molecule has 144 valence electrons. The third kappa shape index (κ3) is 2.80. The molecule has 0 aliphatic carbocycles. The highest BCUT2D eigenvalue weighted by Gasteiger charge is 2.20. The van der Waals surface area contributed by atoms with Crippen molar-refractivity contribution in [1.29, 1.82) is 0 Å². The maximum absolute atomic E-state index is 13.0. The van der Waals surface area contributed by atoms with Crippen molar-refractivity contribution in [2.24, 2.45) is 0 Å². The second-order valence-corrected chi connectivity index (χ2v) is 7.83. The Kier molecular flexibility index (Phi) is 4.50. The molecule has 0 aliphatic rings. The number of Topliss-reactive ketones (excluding diaryl/α,β-unsaturated/α-hetero) is 1. The summed E-state index contributed by atoms with van der Waals surface area (Å²) in [6.45, 7) is 6.09. The van der Waals surface area contributed by atoms with E-state index >= 15 is 0 Å². The summed E-state index contributed by atoms with van der Waals surface area (Å²) in [6.07, 6.45) is 0.731. The lowest BCUT2D eigenvalue weighted by atomic mass is 10.0. The van der Waals surface area contributed by atoms with Gasteiger partial charge in [0.2, 0.25) is 5.78 Å². The molecule has 0 atom stereocenters. The molecule has 1 aromatic carbocycles. The Bertz CT molecular complexity index is 1340. The van der Waals surface area contributed by atoms with Gasteiger partial charge < -0.3 is 0 Å². The summed E-state index contributed by atoms with van der Waals surface area (Å²) in [6, 6.07) is 7.33. The van der Waals surface area contributed by atoms with Crippen LogP contribution in [0.2, 0.25) is 0 Å². The normalized spacial score (nSPS) is 11.5. The van der Waals surface area contributed by atoms with Crippen molar-refractivity contribution < 1.29 is 4.79 Å². The number of hydrogen-bond acceptors (Lipinski definition) is 5. The molecule has 0 radical (unpaired) electrons. The van der Waals surface area contributed by atoms with Crippen LogP contribution in [-0.2, 0) is 13.1 Å². The van der Waals surface area contributed by atoms with Gasteiger partial charge in [-0.15, -0.1) is 16.4 Å². The second kappa shape index (κ2) is 6.87. The van der Waals surface area contributed by atoms with Gasteiger partial charge in [0.1, 0.15) is 11.2 Å². The van der Waals surface area contributed by atoms with E-state index in [0.29, 0.717) is 22.3 Å². The average molecular weight is 396 g/mol. The maximum atomic E-state index is 13.0. The van der Waals surface area contributed by atoms with E-state index in [4.69, 9.17) is 0 Å². The van der Waals surface area contributed by atoms with Crippen LogP contribution in [0.25, 0.3) is 16.0 Å². The smallest absolute Gasteiger partial charge is 0.292 e. The number of thiophene rings is 1. The van der Waals surface area contributed by atoms with Crippen molar-refractivity contribution >= 4 is 33.1 Å². The molecule has 3 aromatic heterocycles. The van der Waals surface area contributed by atoms with Gasteiger partial charge in [0, 0.05) is 12.1 Å². The van der Waals surface area contributed by atoms with E-state index in [2.05, 4.69) is 5.10 Å². The summed E-state index contributed by atoms with van der Waals surface area (Å²) >= 11 is 1.30. The number of benzene rings is 1. The van der Waals surface area contributed by atoms with E-state index in [0.717, 1.165) is 22.2 Å². The highest BCUT2D eigenvalue weighted by molar-refractivity contribution is 7.17. The van der Waals surface area contributed by atoms with Crippen molar-refractivity contribution in [3.63, 3.8) is 0 Å². The van der Waals surface area contributed by atoms with Crippen LogP contribution in [0.3, 0.4) is 0 Å². The Balaban J connectivity index is 1.88. The quantitative estimate of drug-likeness (QED) is 0.486. The van der Waals surface area contributed by atoms with E-state index in [1.807, 2.05) is 32.9 Å². The third-order valence-electron chi connectivity index (χ3n) is 4.81. The van der Waals surface area contributed by atoms with E-state index in [-0.39, 0.29) is 23.7 Å². The minimum Gasteiger partial charge on any atom is -0.292 e. The van der Waals surface area contributed by atoms with Crippen molar-refractivity contribution in [2.75, 3.05) is 0 Å². The molecular weight excluding hydrogens is 376 g/mol. The van der Waals surface area contributed by atoms with Gasteiger partial charge in [-0.1, -0.05) is 30.7 Å². The molecule has 0 fully saturated rings. The molecule has 28 heavy (non-hydrogen) atoms. The van der Waals surface area contributed by atoms with Gasteiger partial charge in [-0.05, 0) is 37.3 Å². The lowest BCUT2D eigenvalue weighted by molar-refractivity contribution is 0.0965. The number of rotatable bonds is 5. The van der Waals surface area contributed by atoms with Crippen LogP contribution in [0.4, 0.5) is 0 Å². The van der Waals surface area contributed by atoms with E-state index < -0.39 is 5.69 Å². The van der Waals surface area contributed by atoms with Gasteiger partial charge in [-0.2, -0.15) is 0 Å². The fraction of sp³-hybridized carbons (Fsp3) is 0.300. The lowest BCUT2D eigenvalue weighted by Gasteiger charge is -2.05. The fourth-order valence-electron chi connectivity index (χ4n) is 3.51. The minimum atomic E-state index is -0.415. The van der Waals surface area contributed by atoms with Crippen LogP contribution in [0.15, 0.2) is 39.2 Å². The van der Waals surface area contributed by atoms with E-state index in [1.54, 1.807) is 17.5 Å². The number of aryl methyl sites for hydroxylation is 3. The zero-order valence-corrected chi connectivity index (χ0v) is 16.7. The summed E-state index contributed by atoms with van der Waals surface area (Å²) in [4.78, 5) is 38.6. The predicted molar refractivity (Wildman–Crippen MR) is 110 cm³/mol. The summed E-state index contributed by atoms with van der Waals surface area (Å²) in [7, 11) is 0. The van der Waals surface area contributed by atoms with Gasteiger partial charge in [-0.3, -0.25) is 14.2 Å². The molecule has 8 heteroatoms. The number of carbonyl (C=O) groups is 1. The summed E-state index contributed by atoms with van der Waals surface area (Å²) < 4.78 is 4.61. The van der Waals surface area contributed by atoms with Crippen LogP contribution in [0.5, 0.6) is 0 Å². The number of aromatic nitrogens is 4. The van der Waals surface area contributed by atoms with Gasteiger partial charge >= 0.3 is 5.69 Å². The first kappa shape index (κ1) is 18.4. The lowest BCUT2D eigenvalue weighted by Crippen LogP contribution is -2.27. The van der Waals surface area contributed by atoms with Crippen molar-refractivity contribution in [2.45, 2.75) is 40.3 Å². The second-order valence-electron chi connectivity index (χ2n) is 6.91. The molecule has 3 heterocycles. The monoisotopic (exact) mass is 396 g/mol. The Labute approximate surface area is 164 Å². The van der Waals surface area contributed by atoms with Gasteiger partial charge in [0.05, 0.1) is 5.52 Å². The summed E-state index contributed by atoms with van der Waals surface area (Å²) in [5, 5.41) is 6.13. The zero-order chi connectivity index (χ0) is 20.0. The number of carbonyl (C=O) groups excluding carboxylic acids is 1. The highest BCUT2D eigenvalue weighted by Crippen LogP contribution is 2.17. The number of hydrogen-bond donors (Lipinski definition) is 0. The molecule has 0 aliphatic heterocycles. The van der Waals surface area contributed by atoms with Crippen molar-refractivity contribution in [3.8, 4) is 0 Å². The topological polar surface area (TPSA) is 78.4 Å². The van der Waals surface area contributed by atoms with Crippen LogP contribution in [-0.4, -0.2) is 24.5 Å². The van der Waals surface area contributed by atoms with Crippen molar-refractivity contribution in [1.82, 2.24) is 18.7 Å². The van der Waals surface area contributed by atoms with Gasteiger partial charge in [0.25, 0.3) is 5.56 Å². The molecule has 0 bridgehead atoms. The third-order valence-corrected chi connectivity index (χ3v) is 5.70. The largest absolute Gasteiger partial charge is 0.352 e. The molecule has 7 nitrogen and oxygen atoms in total. The number of nitrogens with zero attached hydrogens (tertiary/aromatic N) is 4. The Morgan fingerprint density at radius 1 is 1.18 bits per heavy atom. The maximum Gasteiger partial charge on any atom is 0.352 e. The first-order valence-corrected chi connectivity index (χ1v) is 10.0. The molecule has 0 saturated carbocycles. The summed E-state index contributed by atoms with van der Waals surface area (Å²) in [5.74, 6) is 0.0881. The van der Waals surface area contributed by atoms with Crippen LogP contribution >= 0.6 is 11.3 Å². The fourth-order valence-corrected chi connectivity index (χ4v) is 4.33. The standard InChI is InChI=1S/C20H20N4O3S/c1-4-8-22-18(26)17-15(7-9-28-17)24-19(22)21-23(20(24)27)11-16(25)14-6-5-12(2)10-13(14)3/h5-7,9-10H,4,8,11H2,1-3H3. The molecule has 0 N–H and O–H groups in total.